The van der Waals surface area contributed by atoms with Crippen LogP contribution in [0.1, 0.15) is 85.0 Å². The topological polar surface area (TPSA) is 52.9 Å². The van der Waals surface area contributed by atoms with E-state index in [2.05, 4.69) is 32.7 Å². The minimum Gasteiger partial charge on any atom is -0.391 e. The molecule has 0 spiro atoms. The summed E-state index contributed by atoms with van der Waals surface area (Å²) in [7, 11) is 2.07. The van der Waals surface area contributed by atoms with E-state index in [-0.39, 0.29) is 12.1 Å². The molecule has 0 heterocycles. The molecule has 1 rings (SSSR count). The first-order valence-electron chi connectivity index (χ1n) is 10.2. The predicted octanol–water partition coefficient (Wildman–Crippen LogP) is 3.74. The van der Waals surface area contributed by atoms with Crippen LogP contribution in [0, 0.1) is 0 Å². The fourth-order valence-corrected chi connectivity index (χ4v) is 3.79. The van der Waals surface area contributed by atoms with Gasteiger partial charge in [-0.15, -0.1) is 0 Å². The summed E-state index contributed by atoms with van der Waals surface area (Å²) in [5.74, 6) is 0. The van der Waals surface area contributed by atoms with Gasteiger partial charge in [0, 0.05) is 19.1 Å². The minimum atomic E-state index is -0.550. The van der Waals surface area contributed by atoms with Gasteiger partial charge in [0.15, 0.2) is 0 Å². The molecule has 1 aliphatic carbocycles. The van der Waals surface area contributed by atoms with Gasteiger partial charge in [0.05, 0.1) is 18.2 Å². The Morgan fingerprint density at radius 3 is 2.25 bits per heavy atom. The van der Waals surface area contributed by atoms with E-state index in [9.17, 15) is 10.2 Å². The number of aliphatic hydroxyl groups is 2. The number of aliphatic hydroxyl groups excluding tert-OH is 2. The molecule has 0 bridgehead atoms. The highest BCUT2D eigenvalue weighted by molar-refractivity contribution is 4.99. The van der Waals surface area contributed by atoms with Gasteiger partial charge in [-0.2, -0.15) is 0 Å². The number of hydrogen-bond donors (Lipinski definition) is 2. The average molecular weight is 344 g/mol. The second-order valence-electron chi connectivity index (χ2n) is 7.62. The second kappa shape index (κ2) is 12.2. The summed E-state index contributed by atoms with van der Waals surface area (Å²) in [4.78, 5) is 2.23. The SMILES string of the molecule is CCCCCCCOC1C(O)CC(O)C1N(C)C(C)CCCCC. The van der Waals surface area contributed by atoms with Crippen molar-refractivity contribution in [2.75, 3.05) is 13.7 Å². The van der Waals surface area contributed by atoms with Crippen LogP contribution in [0.3, 0.4) is 0 Å². The van der Waals surface area contributed by atoms with Crippen molar-refractivity contribution in [3.63, 3.8) is 0 Å². The average Bonchev–Trinajstić information content (AvgIpc) is 2.83. The molecule has 0 amide bonds. The van der Waals surface area contributed by atoms with Crippen LogP contribution in [0.5, 0.6) is 0 Å². The van der Waals surface area contributed by atoms with Crippen molar-refractivity contribution in [1.29, 1.82) is 0 Å². The van der Waals surface area contributed by atoms with Crippen LogP contribution in [0.4, 0.5) is 0 Å². The van der Waals surface area contributed by atoms with Crippen molar-refractivity contribution in [2.24, 2.45) is 0 Å². The largest absolute Gasteiger partial charge is 0.391 e. The number of nitrogens with zero attached hydrogens (tertiary/aromatic N) is 1. The predicted molar refractivity (Wildman–Crippen MR) is 100 cm³/mol. The molecule has 1 saturated carbocycles. The van der Waals surface area contributed by atoms with Crippen molar-refractivity contribution < 1.29 is 14.9 Å². The quantitative estimate of drug-likeness (QED) is 0.500. The number of ether oxygens (including phenoxy) is 1. The standard InChI is InChI=1S/C20H41NO3/c1-5-7-9-10-12-14-24-20-18(23)15-17(22)19(20)21(4)16(3)13-11-8-6-2/h16-20,22-23H,5-15H2,1-4H3. The molecule has 4 heteroatoms. The normalized spacial score (nSPS) is 28.6. The molecule has 2 N–H and O–H groups in total. The molecule has 0 aliphatic heterocycles. The van der Waals surface area contributed by atoms with Crippen LogP contribution in [0.25, 0.3) is 0 Å². The summed E-state index contributed by atoms with van der Waals surface area (Å²) >= 11 is 0. The third-order valence-electron chi connectivity index (χ3n) is 5.54. The van der Waals surface area contributed by atoms with Crippen molar-refractivity contribution in [3.8, 4) is 0 Å². The molecule has 0 radical (unpaired) electrons. The maximum absolute atomic E-state index is 10.4. The van der Waals surface area contributed by atoms with Crippen LogP contribution < -0.4 is 0 Å². The molecule has 0 aromatic carbocycles. The number of rotatable bonds is 13. The van der Waals surface area contributed by atoms with Crippen molar-refractivity contribution in [3.05, 3.63) is 0 Å². The molecule has 24 heavy (non-hydrogen) atoms. The van der Waals surface area contributed by atoms with Crippen molar-refractivity contribution >= 4 is 0 Å². The number of likely N-dealkylation sites (N-methyl/N-ethyl adjacent to an activating group) is 1. The van der Waals surface area contributed by atoms with Crippen molar-refractivity contribution in [2.45, 2.75) is 115 Å². The molecule has 5 atom stereocenters. The lowest BCUT2D eigenvalue weighted by molar-refractivity contribution is -0.0661. The van der Waals surface area contributed by atoms with Crippen LogP contribution in [0.15, 0.2) is 0 Å². The van der Waals surface area contributed by atoms with E-state index >= 15 is 0 Å². The first-order valence-corrected chi connectivity index (χ1v) is 10.2. The zero-order valence-corrected chi connectivity index (χ0v) is 16.4. The Labute approximate surface area is 149 Å². The Bertz CT molecular complexity index is 313. The lowest BCUT2D eigenvalue weighted by Crippen LogP contribution is -2.50. The number of hydrogen-bond acceptors (Lipinski definition) is 4. The molecule has 0 saturated heterocycles. The first-order chi connectivity index (χ1) is 11.5. The maximum atomic E-state index is 10.4. The Morgan fingerprint density at radius 1 is 0.958 bits per heavy atom. The maximum Gasteiger partial charge on any atom is 0.101 e. The van der Waals surface area contributed by atoms with Gasteiger partial charge in [-0.1, -0.05) is 58.8 Å². The molecule has 4 nitrogen and oxygen atoms in total. The van der Waals surface area contributed by atoms with E-state index in [1.165, 1.54) is 44.9 Å². The third kappa shape index (κ3) is 6.99. The summed E-state index contributed by atoms with van der Waals surface area (Å²) in [5, 5.41) is 20.7. The van der Waals surface area contributed by atoms with E-state index in [1.807, 2.05) is 0 Å². The number of unbranched alkanes of at least 4 members (excludes halogenated alkanes) is 6. The summed E-state index contributed by atoms with van der Waals surface area (Å²) in [5.41, 5.74) is 0. The summed E-state index contributed by atoms with van der Waals surface area (Å²) in [6.45, 7) is 7.34. The Hall–Kier alpha value is -0.160. The third-order valence-corrected chi connectivity index (χ3v) is 5.54. The molecule has 144 valence electrons. The highest BCUT2D eigenvalue weighted by Crippen LogP contribution is 2.29. The zero-order chi connectivity index (χ0) is 17.9. The van der Waals surface area contributed by atoms with Crippen molar-refractivity contribution in [1.82, 2.24) is 4.90 Å². The molecule has 1 fully saturated rings. The lowest BCUT2D eigenvalue weighted by atomic mass is 10.0. The van der Waals surface area contributed by atoms with E-state index < -0.39 is 12.2 Å². The van der Waals surface area contributed by atoms with Gasteiger partial charge in [0.2, 0.25) is 0 Å². The molecule has 0 aromatic rings. The molecule has 1 aliphatic rings. The Morgan fingerprint density at radius 2 is 1.58 bits per heavy atom. The lowest BCUT2D eigenvalue weighted by Gasteiger charge is -2.36. The molecule has 0 aromatic heterocycles. The van der Waals surface area contributed by atoms with Gasteiger partial charge in [0.25, 0.3) is 0 Å². The summed E-state index contributed by atoms with van der Waals surface area (Å²) in [6.07, 6.45) is 9.97. The van der Waals surface area contributed by atoms with Gasteiger partial charge >= 0.3 is 0 Å². The zero-order valence-electron chi connectivity index (χ0n) is 16.4. The minimum absolute atomic E-state index is 0.0905. The summed E-state index contributed by atoms with van der Waals surface area (Å²) in [6, 6.07) is 0.310. The fourth-order valence-electron chi connectivity index (χ4n) is 3.79. The molecular weight excluding hydrogens is 302 g/mol. The van der Waals surface area contributed by atoms with Gasteiger partial charge < -0.3 is 14.9 Å². The van der Waals surface area contributed by atoms with Crippen LogP contribution >= 0.6 is 0 Å². The van der Waals surface area contributed by atoms with E-state index in [1.54, 1.807) is 0 Å². The monoisotopic (exact) mass is 343 g/mol. The van der Waals surface area contributed by atoms with Gasteiger partial charge in [-0.05, 0) is 26.8 Å². The van der Waals surface area contributed by atoms with Gasteiger partial charge in [-0.3, -0.25) is 4.90 Å². The van der Waals surface area contributed by atoms with E-state index in [0.717, 1.165) is 12.8 Å². The second-order valence-corrected chi connectivity index (χ2v) is 7.62. The molecular formula is C20H41NO3. The Balaban J connectivity index is 2.45. The van der Waals surface area contributed by atoms with Crippen LogP contribution in [-0.4, -0.2) is 59.2 Å². The van der Waals surface area contributed by atoms with Gasteiger partial charge in [0.1, 0.15) is 6.10 Å². The van der Waals surface area contributed by atoms with Crippen LogP contribution in [-0.2, 0) is 4.74 Å². The van der Waals surface area contributed by atoms with E-state index in [0.29, 0.717) is 19.1 Å². The van der Waals surface area contributed by atoms with Crippen LogP contribution in [0.2, 0.25) is 0 Å². The highest BCUT2D eigenvalue weighted by atomic mass is 16.5. The Kier molecular flexibility index (Phi) is 11.2. The molecule has 5 unspecified atom stereocenters. The van der Waals surface area contributed by atoms with Gasteiger partial charge in [-0.25, -0.2) is 0 Å². The smallest absolute Gasteiger partial charge is 0.101 e. The highest BCUT2D eigenvalue weighted by Gasteiger charge is 2.45. The summed E-state index contributed by atoms with van der Waals surface area (Å²) < 4.78 is 6.02. The fraction of sp³-hybridized carbons (Fsp3) is 1.00. The van der Waals surface area contributed by atoms with E-state index in [4.69, 9.17) is 4.74 Å². The first kappa shape index (κ1) is 21.9.